The van der Waals surface area contributed by atoms with E-state index in [1.54, 1.807) is 36.4 Å². The highest BCUT2D eigenvalue weighted by atomic mass is 35.5. The molecule has 9 heteroatoms. The highest BCUT2D eigenvalue weighted by Gasteiger charge is 2.24. The molecule has 36 heavy (non-hydrogen) atoms. The van der Waals surface area contributed by atoms with Crippen LogP contribution in [0.4, 0.5) is 11.4 Å². The molecule has 2 aromatic rings. The summed E-state index contributed by atoms with van der Waals surface area (Å²) < 4.78 is 0. The quantitative estimate of drug-likeness (QED) is 0.568. The number of amides is 3. The molecular weight excluding hydrogens is 478 g/mol. The predicted molar refractivity (Wildman–Crippen MR) is 143 cm³/mol. The lowest BCUT2D eigenvalue weighted by Gasteiger charge is -2.28. The fraction of sp³-hybridized carbons (Fsp3) is 0.444. The molecule has 2 aromatic carbocycles. The molecule has 1 heterocycles. The molecule has 4 N–H and O–H groups in total. The molecule has 1 saturated carbocycles. The van der Waals surface area contributed by atoms with Gasteiger partial charge in [0.2, 0.25) is 5.91 Å². The SMILES string of the molecule is CC(=O)Nc1cc(C(=O)NC2CCC(N)CC2)ccc1N1CCCN(C(=O)c2cccc(Cl)c2)CC1. The first-order valence-electron chi connectivity index (χ1n) is 12.6. The van der Waals surface area contributed by atoms with Crippen LogP contribution in [0.5, 0.6) is 0 Å². The van der Waals surface area contributed by atoms with E-state index in [0.717, 1.165) is 44.3 Å². The van der Waals surface area contributed by atoms with Crippen LogP contribution in [0.1, 0.15) is 59.7 Å². The van der Waals surface area contributed by atoms with Crippen LogP contribution in [0.3, 0.4) is 0 Å². The number of anilines is 2. The Morgan fingerprint density at radius 3 is 2.44 bits per heavy atom. The second-order valence-electron chi connectivity index (χ2n) is 9.64. The van der Waals surface area contributed by atoms with Crippen LogP contribution in [0.2, 0.25) is 5.02 Å². The van der Waals surface area contributed by atoms with Gasteiger partial charge in [-0.05, 0) is 68.5 Å². The summed E-state index contributed by atoms with van der Waals surface area (Å²) in [6.45, 7) is 3.95. The van der Waals surface area contributed by atoms with Gasteiger partial charge in [-0.25, -0.2) is 0 Å². The molecule has 3 amide bonds. The van der Waals surface area contributed by atoms with Gasteiger partial charge in [-0.2, -0.15) is 0 Å². The largest absolute Gasteiger partial charge is 0.368 e. The van der Waals surface area contributed by atoms with Crippen LogP contribution < -0.4 is 21.3 Å². The second kappa shape index (κ2) is 11.8. The molecule has 0 radical (unpaired) electrons. The van der Waals surface area contributed by atoms with Gasteiger partial charge < -0.3 is 26.2 Å². The van der Waals surface area contributed by atoms with E-state index in [1.807, 2.05) is 11.0 Å². The van der Waals surface area contributed by atoms with Crippen molar-refractivity contribution in [2.24, 2.45) is 5.73 Å². The summed E-state index contributed by atoms with van der Waals surface area (Å²) in [7, 11) is 0. The van der Waals surface area contributed by atoms with Crippen molar-refractivity contribution < 1.29 is 14.4 Å². The van der Waals surface area contributed by atoms with Crippen molar-refractivity contribution in [3.63, 3.8) is 0 Å². The minimum atomic E-state index is -0.206. The number of nitrogens with zero attached hydrogens (tertiary/aromatic N) is 2. The maximum atomic E-state index is 13.0. The fourth-order valence-electron chi connectivity index (χ4n) is 4.94. The Morgan fingerprint density at radius 2 is 1.72 bits per heavy atom. The molecule has 0 bridgehead atoms. The average molecular weight is 512 g/mol. The van der Waals surface area contributed by atoms with E-state index in [2.05, 4.69) is 15.5 Å². The molecule has 8 nitrogen and oxygen atoms in total. The third-order valence-corrected chi connectivity index (χ3v) is 7.11. The lowest BCUT2D eigenvalue weighted by atomic mass is 9.91. The molecule has 0 spiro atoms. The zero-order valence-electron chi connectivity index (χ0n) is 20.6. The van der Waals surface area contributed by atoms with E-state index in [0.29, 0.717) is 41.5 Å². The highest BCUT2D eigenvalue weighted by Crippen LogP contribution is 2.29. The molecule has 1 aliphatic carbocycles. The van der Waals surface area contributed by atoms with Crippen LogP contribution in [0, 0.1) is 0 Å². The molecule has 1 saturated heterocycles. The molecule has 1 aliphatic heterocycles. The van der Waals surface area contributed by atoms with Gasteiger partial charge in [0.1, 0.15) is 0 Å². The summed E-state index contributed by atoms with van der Waals surface area (Å²) in [5.41, 5.74) is 8.49. The number of nitrogens with two attached hydrogens (primary N) is 1. The minimum absolute atomic E-state index is 0.0443. The Morgan fingerprint density at radius 1 is 0.944 bits per heavy atom. The molecule has 4 rings (SSSR count). The molecule has 2 aliphatic rings. The molecule has 2 fully saturated rings. The van der Waals surface area contributed by atoms with Gasteiger partial charge in [0.05, 0.1) is 11.4 Å². The standard InChI is InChI=1S/C27H34ClN5O3/c1-18(34)30-24-17-19(26(35)31-23-9-7-22(29)8-10-23)6-11-25(24)32-12-3-13-33(15-14-32)27(36)20-4-2-5-21(28)16-20/h2,4-6,11,16-17,22-23H,3,7-10,12-15,29H2,1H3,(H,30,34)(H,31,35). The number of nitrogens with one attached hydrogen (secondary N) is 2. The topological polar surface area (TPSA) is 108 Å². The summed E-state index contributed by atoms with van der Waals surface area (Å²) in [5.74, 6) is -0.400. The van der Waals surface area contributed by atoms with Crippen molar-refractivity contribution in [1.82, 2.24) is 10.2 Å². The Labute approximate surface area is 217 Å². The van der Waals surface area contributed by atoms with Crippen LogP contribution in [-0.4, -0.2) is 60.9 Å². The Balaban J connectivity index is 1.47. The summed E-state index contributed by atoms with van der Waals surface area (Å²) in [6.07, 6.45) is 4.35. The summed E-state index contributed by atoms with van der Waals surface area (Å²) in [5, 5.41) is 6.53. The van der Waals surface area contributed by atoms with E-state index in [-0.39, 0.29) is 29.8 Å². The van der Waals surface area contributed by atoms with Crippen LogP contribution in [0.25, 0.3) is 0 Å². The molecule has 0 atom stereocenters. The number of rotatable bonds is 5. The minimum Gasteiger partial charge on any atom is -0.368 e. The Hall–Kier alpha value is -3.10. The van der Waals surface area contributed by atoms with E-state index in [4.69, 9.17) is 17.3 Å². The fourth-order valence-corrected chi connectivity index (χ4v) is 5.13. The number of carbonyl (C=O) groups excluding carboxylic acids is 3. The van der Waals surface area contributed by atoms with Crippen molar-refractivity contribution >= 4 is 40.7 Å². The average Bonchev–Trinajstić information content (AvgIpc) is 3.11. The maximum Gasteiger partial charge on any atom is 0.253 e. The van der Waals surface area contributed by atoms with E-state index < -0.39 is 0 Å². The normalized spacial score (nSPS) is 20.4. The first-order chi connectivity index (χ1) is 17.3. The molecule has 0 unspecified atom stereocenters. The van der Waals surface area contributed by atoms with Crippen LogP contribution >= 0.6 is 11.6 Å². The van der Waals surface area contributed by atoms with E-state index in [9.17, 15) is 14.4 Å². The monoisotopic (exact) mass is 511 g/mol. The summed E-state index contributed by atoms with van der Waals surface area (Å²) in [6, 6.07) is 12.7. The molecule has 0 aromatic heterocycles. The first-order valence-corrected chi connectivity index (χ1v) is 13.0. The Bertz CT molecular complexity index is 1120. The summed E-state index contributed by atoms with van der Waals surface area (Å²) >= 11 is 6.07. The highest BCUT2D eigenvalue weighted by molar-refractivity contribution is 6.30. The predicted octanol–water partition coefficient (Wildman–Crippen LogP) is 3.65. The second-order valence-corrected chi connectivity index (χ2v) is 10.1. The number of halogens is 1. The zero-order chi connectivity index (χ0) is 25.7. The van der Waals surface area contributed by atoms with Crippen LogP contribution in [-0.2, 0) is 4.79 Å². The van der Waals surface area contributed by atoms with Crippen molar-refractivity contribution in [1.29, 1.82) is 0 Å². The van der Waals surface area contributed by atoms with Crippen molar-refractivity contribution in [2.75, 3.05) is 36.4 Å². The van der Waals surface area contributed by atoms with Gasteiger partial charge in [-0.3, -0.25) is 14.4 Å². The van der Waals surface area contributed by atoms with Crippen molar-refractivity contribution in [3.05, 3.63) is 58.6 Å². The van der Waals surface area contributed by atoms with E-state index >= 15 is 0 Å². The molecule has 192 valence electrons. The maximum absolute atomic E-state index is 13.0. The number of carbonyl (C=O) groups is 3. The van der Waals surface area contributed by atoms with Crippen LogP contribution in [0.15, 0.2) is 42.5 Å². The lowest BCUT2D eigenvalue weighted by Crippen LogP contribution is -2.40. The third-order valence-electron chi connectivity index (χ3n) is 6.87. The van der Waals surface area contributed by atoms with Crippen molar-refractivity contribution in [2.45, 2.75) is 51.1 Å². The molecular formula is C27H34ClN5O3. The third kappa shape index (κ3) is 6.56. The zero-order valence-corrected chi connectivity index (χ0v) is 21.4. The lowest BCUT2D eigenvalue weighted by molar-refractivity contribution is -0.114. The van der Waals surface area contributed by atoms with Crippen molar-refractivity contribution in [3.8, 4) is 0 Å². The van der Waals surface area contributed by atoms with Gasteiger partial charge in [0, 0.05) is 61.3 Å². The van der Waals surface area contributed by atoms with Gasteiger partial charge in [0.25, 0.3) is 11.8 Å². The van der Waals surface area contributed by atoms with Gasteiger partial charge >= 0.3 is 0 Å². The van der Waals surface area contributed by atoms with Gasteiger partial charge in [-0.1, -0.05) is 17.7 Å². The Kier molecular flexibility index (Phi) is 8.48. The van der Waals surface area contributed by atoms with Gasteiger partial charge in [0.15, 0.2) is 0 Å². The first kappa shape index (κ1) is 26.0. The smallest absolute Gasteiger partial charge is 0.253 e. The number of benzene rings is 2. The summed E-state index contributed by atoms with van der Waals surface area (Å²) in [4.78, 5) is 41.9. The van der Waals surface area contributed by atoms with E-state index in [1.165, 1.54) is 6.92 Å². The van der Waals surface area contributed by atoms with Gasteiger partial charge in [-0.15, -0.1) is 0 Å². The number of hydrogen-bond donors (Lipinski definition) is 3. The number of hydrogen-bond acceptors (Lipinski definition) is 5.